The van der Waals surface area contributed by atoms with Crippen LogP contribution in [0.5, 0.6) is 5.75 Å². The van der Waals surface area contributed by atoms with Crippen molar-refractivity contribution < 1.29 is 22.7 Å². The van der Waals surface area contributed by atoms with E-state index in [-0.39, 0.29) is 11.3 Å². The fourth-order valence-electron chi connectivity index (χ4n) is 1.39. The average Bonchev–Trinajstić information content (AvgIpc) is 2.73. The third kappa shape index (κ3) is 3.95. The Hall–Kier alpha value is -2.09. The van der Waals surface area contributed by atoms with Gasteiger partial charge in [0.25, 0.3) is 5.91 Å². The molecule has 1 heterocycles. The molecule has 2 aromatic rings. The number of benzene rings is 1. The molecule has 2 rings (SSSR count). The van der Waals surface area contributed by atoms with Crippen molar-refractivity contribution in [2.45, 2.75) is 13.3 Å². The molecular formula is C12H9F3N2O2S. The summed E-state index contributed by atoms with van der Waals surface area (Å²) >= 11 is 1.27. The monoisotopic (exact) mass is 302 g/mol. The number of carbonyl (C=O) groups is 1. The van der Waals surface area contributed by atoms with E-state index in [0.717, 1.165) is 17.8 Å². The fraction of sp³-hybridized carbons (Fsp3) is 0.167. The van der Waals surface area contributed by atoms with Crippen LogP contribution in [0.25, 0.3) is 0 Å². The number of alkyl halides is 3. The van der Waals surface area contributed by atoms with Crippen molar-refractivity contribution >= 4 is 22.4 Å². The normalized spacial score (nSPS) is 11.2. The Kier molecular flexibility index (Phi) is 3.93. The molecular weight excluding hydrogens is 293 g/mol. The van der Waals surface area contributed by atoms with E-state index >= 15 is 0 Å². The largest absolute Gasteiger partial charge is 0.573 e. The summed E-state index contributed by atoms with van der Waals surface area (Å²) in [5.74, 6) is -0.822. The van der Waals surface area contributed by atoms with E-state index in [2.05, 4.69) is 15.0 Å². The number of hydrogen-bond acceptors (Lipinski definition) is 4. The predicted octanol–water partition coefficient (Wildman–Crippen LogP) is 3.60. The maximum Gasteiger partial charge on any atom is 0.573 e. The SMILES string of the molecule is Cc1csc(NC(=O)c2ccc(OC(F)(F)F)cc2)n1. The van der Waals surface area contributed by atoms with Crippen molar-refractivity contribution in [1.82, 2.24) is 4.98 Å². The van der Waals surface area contributed by atoms with Crippen molar-refractivity contribution in [3.05, 3.63) is 40.9 Å². The first kappa shape index (κ1) is 14.3. The Bertz CT molecular complexity index is 608. The molecule has 0 aliphatic rings. The number of thiazole rings is 1. The number of anilines is 1. The summed E-state index contributed by atoms with van der Waals surface area (Å²) in [7, 11) is 0. The Morgan fingerprint density at radius 3 is 2.45 bits per heavy atom. The van der Waals surface area contributed by atoms with Gasteiger partial charge in [-0.2, -0.15) is 0 Å². The van der Waals surface area contributed by atoms with Crippen LogP contribution in [-0.4, -0.2) is 17.3 Å². The van der Waals surface area contributed by atoms with Gasteiger partial charge in [0.15, 0.2) is 5.13 Å². The van der Waals surface area contributed by atoms with Gasteiger partial charge in [0.2, 0.25) is 0 Å². The molecule has 1 N–H and O–H groups in total. The summed E-state index contributed by atoms with van der Waals surface area (Å²) in [4.78, 5) is 15.9. The first-order valence-electron chi connectivity index (χ1n) is 5.43. The first-order valence-corrected chi connectivity index (χ1v) is 6.31. The molecule has 0 spiro atoms. The molecule has 0 aliphatic carbocycles. The van der Waals surface area contributed by atoms with E-state index in [4.69, 9.17) is 0 Å². The van der Waals surface area contributed by atoms with Crippen LogP contribution in [0.4, 0.5) is 18.3 Å². The van der Waals surface area contributed by atoms with Gasteiger partial charge in [-0.05, 0) is 31.2 Å². The van der Waals surface area contributed by atoms with Crippen LogP contribution >= 0.6 is 11.3 Å². The van der Waals surface area contributed by atoms with Crippen LogP contribution in [-0.2, 0) is 0 Å². The third-order valence-electron chi connectivity index (χ3n) is 2.19. The number of aromatic nitrogens is 1. The highest BCUT2D eigenvalue weighted by Crippen LogP contribution is 2.23. The number of hydrogen-bond donors (Lipinski definition) is 1. The fourth-order valence-corrected chi connectivity index (χ4v) is 2.07. The quantitative estimate of drug-likeness (QED) is 0.942. The van der Waals surface area contributed by atoms with Crippen LogP contribution in [0.2, 0.25) is 0 Å². The molecule has 0 fully saturated rings. The van der Waals surface area contributed by atoms with Gasteiger partial charge in [-0.15, -0.1) is 24.5 Å². The molecule has 0 saturated carbocycles. The van der Waals surface area contributed by atoms with Gasteiger partial charge in [-0.1, -0.05) is 0 Å². The number of carbonyl (C=O) groups excluding carboxylic acids is 1. The van der Waals surface area contributed by atoms with Gasteiger partial charge in [0.1, 0.15) is 5.75 Å². The van der Waals surface area contributed by atoms with Crippen molar-refractivity contribution in [3.8, 4) is 5.75 Å². The topological polar surface area (TPSA) is 51.2 Å². The number of amides is 1. The Balaban J connectivity index is 2.04. The first-order chi connectivity index (χ1) is 9.33. The number of nitrogens with one attached hydrogen (secondary N) is 1. The van der Waals surface area contributed by atoms with Crippen LogP contribution in [0.15, 0.2) is 29.6 Å². The highest BCUT2D eigenvalue weighted by Gasteiger charge is 2.31. The average molecular weight is 302 g/mol. The van der Waals surface area contributed by atoms with Crippen LogP contribution in [0.1, 0.15) is 16.1 Å². The maximum atomic E-state index is 12.0. The summed E-state index contributed by atoms with van der Waals surface area (Å²) in [6.45, 7) is 1.79. The molecule has 1 aromatic heterocycles. The van der Waals surface area contributed by atoms with Crippen molar-refractivity contribution in [1.29, 1.82) is 0 Å². The van der Waals surface area contributed by atoms with Crippen molar-refractivity contribution in [2.75, 3.05) is 5.32 Å². The van der Waals surface area contributed by atoms with Crippen LogP contribution in [0, 0.1) is 6.92 Å². The number of ether oxygens (including phenoxy) is 1. The molecule has 0 atom stereocenters. The highest BCUT2D eigenvalue weighted by molar-refractivity contribution is 7.13. The minimum absolute atomic E-state index is 0.215. The van der Waals surface area contributed by atoms with E-state index in [9.17, 15) is 18.0 Å². The highest BCUT2D eigenvalue weighted by atomic mass is 32.1. The van der Waals surface area contributed by atoms with Gasteiger partial charge in [-0.3, -0.25) is 10.1 Å². The zero-order valence-electron chi connectivity index (χ0n) is 10.2. The minimum atomic E-state index is -4.75. The van der Waals surface area contributed by atoms with Gasteiger partial charge >= 0.3 is 6.36 Å². The van der Waals surface area contributed by atoms with Gasteiger partial charge in [0.05, 0.1) is 5.69 Å². The van der Waals surface area contributed by atoms with E-state index in [0.29, 0.717) is 5.13 Å². The van der Waals surface area contributed by atoms with E-state index < -0.39 is 12.3 Å². The lowest BCUT2D eigenvalue weighted by Crippen LogP contribution is -2.17. The second-order valence-corrected chi connectivity index (χ2v) is 4.68. The Morgan fingerprint density at radius 2 is 1.95 bits per heavy atom. The second kappa shape index (κ2) is 5.49. The molecule has 1 aromatic carbocycles. The van der Waals surface area contributed by atoms with E-state index in [1.54, 1.807) is 12.3 Å². The molecule has 0 bridgehead atoms. The Labute approximate surface area is 116 Å². The molecule has 8 heteroatoms. The molecule has 106 valence electrons. The number of aryl methyl sites for hydroxylation is 1. The summed E-state index contributed by atoms with van der Waals surface area (Å²) < 4.78 is 39.7. The Morgan fingerprint density at radius 1 is 1.30 bits per heavy atom. The lowest BCUT2D eigenvalue weighted by molar-refractivity contribution is -0.274. The van der Waals surface area contributed by atoms with Crippen molar-refractivity contribution in [3.63, 3.8) is 0 Å². The molecule has 0 saturated heterocycles. The molecule has 20 heavy (non-hydrogen) atoms. The number of rotatable bonds is 3. The molecule has 0 aliphatic heterocycles. The van der Waals surface area contributed by atoms with Crippen LogP contribution in [0.3, 0.4) is 0 Å². The second-order valence-electron chi connectivity index (χ2n) is 3.82. The maximum absolute atomic E-state index is 12.0. The molecule has 0 radical (unpaired) electrons. The van der Waals surface area contributed by atoms with E-state index in [1.807, 2.05) is 0 Å². The number of nitrogens with zero attached hydrogens (tertiary/aromatic N) is 1. The number of halogens is 3. The molecule has 1 amide bonds. The van der Waals surface area contributed by atoms with Crippen molar-refractivity contribution in [2.24, 2.45) is 0 Å². The predicted molar refractivity (Wildman–Crippen MR) is 67.9 cm³/mol. The zero-order chi connectivity index (χ0) is 14.8. The summed E-state index contributed by atoms with van der Waals surface area (Å²) in [5, 5.41) is 4.76. The summed E-state index contributed by atoms with van der Waals surface area (Å²) in [6, 6.07) is 4.65. The summed E-state index contributed by atoms with van der Waals surface area (Å²) in [5.41, 5.74) is 0.992. The lowest BCUT2D eigenvalue weighted by atomic mass is 10.2. The molecule has 0 unspecified atom stereocenters. The molecule has 4 nitrogen and oxygen atoms in total. The summed E-state index contributed by atoms with van der Waals surface area (Å²) in [6.07, 6.45) is -4.75. The smallest absolute Gasteiger partial charge is 0.406 e. The van der Waals surface area contributed by atoms with E-state index in [1.165, 1.54) is 23.5 Å². The van der Waals surface area contributed by atoms with Gasteiger partial charge in [0, 0.05) is 10.9 Å². The third-order valence-corrected chi connectivity index (χ3v) is 3.07. The van der Waals surface area contributed by atoms with Gasteiger partial charge < -0.3 is 4.74 Å². The minimum Gasteiger partial charge on any atom is -0.406 e. The van der Waals surface area contributed by atoms with Gasteiger partial charge in [-0.25, -0.2) is 4.98 Å². The van der Waals surface area contributed by atoms with Crippen LogP contribution < -0.4 is 10.1 Å². The zero-order valence-corrected chi connectivity index (χ0v) is 11.0. The lowest BCUT2D eigenvalue weighted by Gasteiger charge is -2.09. The standard InChI is InChI=1S/C12H9F3N2O2S/c1-7-6-20-11(16-7)17-10(18)8-2-4-9(5-3-8)19-12(13,14)15/h2-6H,1H3,(H,16,17,18).